The zero-order valence-corrected chi connectivity index (χ0v) is 6.85. The van der Waals surface area contributed by atoms with Gasteiger partial charge in [0.2, 0.25) is 5.95 Å². The molecule has 0 spiro atoms. The van der Waals surface area contributed by atoms with Gasteiger partial charge in [-0.2, -0.15) is 0 Å². The van der Waals surface area contributed by atoms with Crippen molar-refractivity contribution < 1.29 is 0 Å². The Labute approximate surface area is 71.1 Å². The quantitative estimate of drug-likeness (QED) is 0.633. The van der Waals surface area contributed by atoms with Crippen molar-refractivity contribution in [2.45, 2.75) is 25.3 Å². The molecule has 12 heavy (non-hydrogen) atoms. The molecule has 0 saturated heterocycles. The van der Waals surface area contributed by atoms with Crippen LogP contribution in [0.3, 0.4) is 0 Å². The highest BCUT2D eigenvalue weighted by molar-refractivity contribution is 5.10. The van der Waals surface area contributed by atoms with E-state index in [1.54, 1.807) is 6.33 Å². The molecule has 1 atom stereocenters. The molecule has 0 bridgehead atoms. The maximum Gasteiger partial charge on any atom is 0.239 e. The predicted octanol–water partition coefficient (Wildman–Crippen LogP) is 1.14. The van der Waals surface area contributed by atoms with Gasteiger partial charge in [0.1, 0.15) is 6.33 Å². The van der Waals surface area contributed by atoms with Gasteiger partial charge in [-0.15, -0.1) is 5.10 Å². The van der Waals surface area contributed by atoms with Gasteiger partial charge in [0.05, 0.1) is 6.04 Å². The number of aromatic nitrogens is 3. The highest BCUT2D eigenvalue weighted by Gasteiger charge is 2.12. The summed E-state index contributed by atoms with van der Waals surface area (Å²) in [5, 5.41) is 4.08. The summed E-state index contributed by atoms with van der Waals surface area (Å²) in [6.07, 6.45) is 9.41. The number of nitrogens with two attached hydrogens (primary N) is 1. The zero-order valence-electron chi connectivity index (χ0n) is 6.85. The van der Waals surface area contributed by atoms with Crippen molar-refractivity contribution in [2.24, 2.45) is 0 Å². The molecule has 64 valence electrons. The number of rotatable bonds is 1. The Balaban J connectivity index is 2.14. The van der Waals surface area contributed by atoms with Crippen LogP contribution in [0, 0.1) is 0 Å². The van der Waals surface area contributed by atoms with E-state index in [2.05, 4.69) is 22.2 Å². The average Bonchev–Trinajstić information content (AvgIpc) is 2.54. The lowest BCUT2D eigenvalue weighted by Gasteiger charge is -2.16. The molecule has 1 heterocycles. The summed E-state index contributed by atoms with van der Waals surface area (Å²) in [6, 6.07) is 0.458. The molecule has 2 N–H and O–H groups in total. The first-order chi connectivity index (χ1) is 5.86. The van der Waals surface area contributed by atoms with Crippen LogP contribution in [-0.4, -0.2) is 14.8 Å². The van der Waals surface area contributed by atoms with Crippen LogP contribution in [0.2, 0.25) is 0 Å². The summed E-state index contributed by atoms with van der Waals surface area (Å²) < 4.78 is 1.86. The number of anilines is 1. The van der Waals surface area contributed by atoms with Crippen molar-refractivity contribution >= 4 is 5.95 Å². The molecular weight excluding hydrogens is 152 g/mol. The molecular formula is C8H12N4. The second-order valence-corrected chi connectivity index (χ2v) is 3.02. The number of nitrogen functional groups attached to an aromatic ring is 1. The summed E-state index contributed by atoms with van der Waals surface area (Å²) >= 11 is 0. The molecule has 4 heteroatoms. The summed E-state index contributed by atoms with van der Waals surface area (Å²) in [5.41, 5.74) is 5.42. The van der Waals surface area contributed by atoms with E-state index < -0.39 is 0 Å². The second-order valence-electron chi connectivity index (χ2n) is 3.02. The predicted molar refractivity (Wildman–Crippen MR) is 46.5 cm³/mol. The third-order valence-electron chi connectivity index (χ3n) is 2.14. The molecule has 2 rings (SSSR count). The topological polar surface area (TPSA) is 56.7 Å². The van der Waals surface area contributed by atoms with E-state index in [9.17, 15) is 0 Å². The lowest BCUT2D eigenvalue weighted by molar-refractivity contribution is 0.420. The molecule has 0 radical (unpaired) electrons. The normalized spacial score (nSPS) is 22.8. The van der Waals surface area contributed by atoms with Gasteiger partial charge in [0.25, 0.3) is 0 Å². The molecule has 0 fully saturated rings. The number of nitrogens with zero attached hydrogens (tertiary/aromatic N) is 3. The summed E-state index contributed by atoms with van der Waals surface area (Å²) in [5.74, 6) is 0.365. The summed E-state index contributed by atoms with van der Waals surface area (Å²) in [6.45, 7) is 0. The fourth-order valence-electron chi connectivity index (χ4n) is 1.48. The molecule has 1 aromatic heterocycles. The molecule has 1 aromatic rings. The minimum Gasteiger partial charge on any atom is -0.367 e. The van der Waals surface area contributed by atoms with Crippen LogP contribution in [-0.2, 0) is 0 Å². The van der Waals surface area contributed by atoms with Gasteiger partial charge in [-0.25, -0.2) is 9.67 Å². The largest absolute Gasteiger partial charge is 0.367 e. The SMILES string of the molecule is Nc1ncn(C2CC=CCC2)n1. The van der Waals surface area contributed by atoms with Crippen LogP contribution < -0.4 is 5.73 Å². The molecule has 1 unspecified atom stereocenters. The maximum atomic E-state index is 5.42. The Morgan fingerprint density at radius 2 is 2.42 bits per heavy atom. The summed E-state index contributed by atoms with van der Waals surface area (Å²) in [4.78, 5) is 3.90. The molecule has 0 amide bonds. The minimum atomic E-state index is 0.365. The Bertz CT molecular complexity index is 289. The molecule has 0 aromatic carbocycles. The van der Waals surface area contributed by atoms with Crippen LogP contribution in [0.15, 0.2) is 18.5 Å². The van der Waals surface area contributed by atoms with Crippen LogP contribution in [0.1, 0.15) is 25.3 Å². The van der Waals surface area contributed by atoms with Gasteiger partial charge in [-0.1, -0.05) is 12.2 Å². The highest BCUT2D eigenvalue weighted by atomic mass is 15.4. The standard InChI is InChI=1S/C8H12N4/c9-8-10-6-12(11-8)7-4-2-1-3-5-7/h1-2,6-7H,3-5H2,(H2,9,11). The van der Waals surface area contributed by atoms with Gasteiger partial charge >= 0.3 is 0 Å². The molecule has 0 saturated carbocycles. The van der Waals surface area contributed by atoms with Crippen molar-refractivity contribution in [2.75, 3.05) is 5.73 Å². The zero-order chi connectivity index (χ0) is 8.39. The van der Waals surface area contributed by atoms with E-state index in [4.69, 9.17) is 5.73 Å². The summed E-state index contributed by atoms with van der Waals surface area (Å²) in [7, 11) is 0. The van der Waals surface area contributed by atoms with Crippen LogP contribution in [0.25, 0.3) is 0 Å². The van der Waals surface area contributed by atoms with Crippen LogP contribution in [0.5, 0.6) is 0 Å². The van der Waals surface area contributed by atoms with Gasteiger partial charge < -0.3 is 5.73 Å². The Morgan fingerprint density at radius 3 is 3.00 bits per heavy atom. The Hall–Kier alpha value is -1.32. The first-order valence-electron chi connectivity index (χ1n) is 4.18. The molecule has 1 aliphatic rings. The average molecular weight is 164 g/mol. The smallest absolute Gasteiger partial charge is 0.239 e. The fourth-order valence-corrected chi connectivity index (χ4v) is 1.48. The molecule has 1 aliphatic carbocycles. The van der Waals surface area contributed by atoms with E-state index in [1.165, 1.54) is 0 Å². The molecule has 4 nitrogen and oxygen atoms in total. The van der Waals surface area contributed by atoms with Gasteiger partial charge in [-0.05, 0) is 19.3 Å². The Morgan fingerprint density at radius 1 is 1.50 bits per heavy atom. The third kappa shape index (κ3) is 1.32. The minimum absolute atomic E-state index is 0.365. The second kappa shape index (κ2) is 2.97. The van der Waals surface area contributed by atoms with Crippen LogP contribution >= 0.6 is 0 Å². The highest BCUT2D eigenvalue weighted by Crippen LogP contribution is 2.22. The monoisotopic (exact) mass is 164 g/mol. The molecule has 0 aliphatic heterocycles. The number of hydrogen-bond donors (Lipinski definition) is 1. The lowest BCUT2D eigenvalue weighted by Crippen LogP contribution is -2.11. The first-order valence-corrected chi connectivity index (χ1v) is 4.18. The van der Waals surface area contributed by atoms with E-state index in [0.29, 0.717) is 12.0 Å². The van der Waals surface area contributed by atoms with Gasteiger partial charge in [-0.3, -0.25) is 0 Å². The number of allylic oxidation sites excluding steroid dienone is 2. The van der Waals surface area contributed by atoms with Crippen molar-refractivity contribution in [3.05, 3.63) is 18.5 Å². The van der Waals surface area contributed by atoms with Gasteiger partial charge in [0.15, 0.2) is 0 Å². The van der Waals surface area contributed by atoms with Crippen molar-refractivity contribution in [3.63, 3.8) is 0 Å². The maximum absolute atomic E-state index is 5.42. The van der Waals surface area contributed by atoms with E-state index in [-0.39, 0.29) is 0 Å². The number of hydrogen-bond acceptors (Lipinski definition) is 3. The lowest BCUT2D eigenvalue weighted by atomic mass is 10.0. The fraction of sp³-hybridized carbons (Fsp3) is 0.500. The first kappa shape index (κ1) is 7.34. The van der Waals surface area contributed by atoms with Crippen molar-refractivity contribution in [1.82, 2.24) is 14.8 Å². The van der Waals surface area contributed by atoms with E-state index >= 15 is 0 Å². The van der Waals surface area contributed by atoms with Crippen molar-refractivity contribution in [3.8, 4) is 0 Å². The van der Waals surface area contributed by atoms with Crippen LogP contribution in [0.4, 0.5) is 5.95 Å². The Kier molecular flexibility index (Phi) is 1.81. The van der Waals surface area contributed by atoms with Crippen molar-refractivity contribution in [1.29, 1.82) is 0 Å². The van der Waals surface area contributed by atoms with E-state index in [1.807, 2.05) is 4.68 Å². The third-order valence-corrected chi connectivity index (χ3v) is 2.14. The van der Waals surface area contributed by atoms with Gasteiger partial charge in [0, 0.05) is 0 Å². The van der Waals surface area contributed by atoms with E-state index in [0.717, 1.165) is 19.3 Å².